The number of likely N-dealkylation sites (tertiary alicyclic amines) is 2. The molecule has 2 fully saturated rings. The fourth-order valence-corrected chi connectivity index (χ4v) is 9.50. The van der Waals surface area contributed by atoms with Gasteiger partial charge < -0.3 is 28.7 Å². The molecular formula is C59H106N2O8. The molecule has 0 bridgehead atoms. The van der Waals surface area contributed by atoms with Crippen LogP contribution in [0.3, 0.4) is 0 Å². The molecule has 2 aliphatic rings. The number of carbonyl (C=O) groups is 4. The Bertz CT molecular complexity index is 1290. The average Bonchev–Trinajstić information content (AvgIpc) is 3.36. The summed E-state index contributed by atoms with van der Waals surface area (Å²) in [6.07, 6.45) is 47.8. The maximum absolute atomic E-state index is 13.4. The van der Waals surface area contributed by atoms with Gasteiger partial charge in [0.1, 0.15) is 13.2 Å². The highest BCUT2D eigenvalue weighted by atomic mass is 16.6. The fraction of sp³-hybridized carbons (Fsp3) is 0.864. The second kappa shape index (κ2) is 46.4. The monoisotopic (exact) mass is 971 g/mol. The zero-order valence-electron chi connectivity index (χ0n) is 44.9. The zero-order valence-corrected chi connectivity index (χ0v) is 44.9. The molecule has 10 nitrogen and oxygen atoms in total. The summed E-state index contributed by atoms with van der Waals surface area (Å²) in [6, 6.07) is 0. The zero-order chi connectivity index (χ0) is 49.5. The summed E-state index contributed by atoms with van der Waals surface area (Å²) < 4.78 is 23.5. The van der Waals surface area contributed by atoms with Crippen molar-refractivity contribution in [3.63, 3.8) is 0 Å². The lowest BCUT2D eigenvalue weighted by molar-refractivity contribution is -0.183. The number of hydrogen-bond donors (Lipinski definition) is 0. The molecule has 2 aliphatic heterocycles. The molecule has 0 aromatic rings. The van der Waals surface area contributed by atoms with Crippen molar-refractivity contribution in [2.75, 3.05) is 52.5 Å². The molecule has 0 aromatic heterocycles. The van der Waals surface area contributed by atoms with Gasteiger partial charge in [-0.15, -0.1) is 0 Å². The van der Waals surface area contributed by atoms with Crippen molar-refractivity contribution in [3.05, 3.63) is 24.3 Å². The molecule has 400 valence electrons. The first-order chi connectivity index (χ1) is 33.9. The highest BCUT2D eigenvalue weighted by Crippen LogP contribution is 2.18. The molecule has 0 radical (unpaired) electrons. The minimum Gasteiger partial charge on any atom is -0.462 e. The van der Waals surface area contributed by atoms with Gasteiger partial charge >= 0.3 is 23.9 Å². The van der Waals surface area contributed by atoms with Crippen LogP contribution in [-0.2, 0) is 38.1 Å². The summed E-state index contributed by atoms with van der Waals surface area (Å²) in [5.74, 6) is -1.60. The lowest BCUT2D eigenvalue weighted by Crippen LogP contribution is -2.42. The second-order valence-electron chi connectivity index (χ2n) is 20.5. The molecule has 2 rings (SSSR count). The van der Waals surface area contributed by atoms with Gasteiger partial charge in [0.05, 0.1) is 0 Å². The second-order valence-corrected chi connectivity index (χ2v) is 20.5. The number of unbranched alkanes of at least 4 members (excludes halogenated alkanes) is 23. The first-order valence-corrected chi connectivity index (χ1v) is 29.4. The van der Waals surface area contributed by atoms with Crippen molar-refractivity contribution in [2.24, 2.45) is 0 Å². The smallest absolute Gasteiger partial charge is 0.306 e. The van der Waals surface area contributed by atoms with E-state index < -0.39 is 24.1 Å². The number of hydrogen-bond acceptors (Lipinski definition) is 10. The van der Waals surface area contributed by atoms with Crippen molar-refractivity contribution in [1.29, 1.82) is 0 Å². The number of piperidine rings is 2. The third-order valence-corrected chi connectivity index (χ3v) is 14.0. The lowest BCUT2D eigenvalue weighted by atomic mass is 10.0. The average molecular weight is 972 g/mol. The van der Waals surface area contributed by atoms with E-state index >= 15 is 0 Å². The van der Waals surface area contributed by atoms with Gasteiger partial charge in [0.25, 0.3) is 0 Å². The van der Waals surface area contributed by atoms with Crippen LogP contribution in [0.5, 0.6) is 0 Å². The Morgan fingerprint density at radius 3 is 1.10 bits per heavy atom. The Hall–Kier alpha value is -2.72. The summed E-state index contributed by atoms with van der Waals surface area (Å²) in [7, 11) is 0. The van der Waals surface area contributed by atoms with E-state index in [-0.39, 0.29) is 50.8 Å². The molecular weight excluding hydrogens is 865 g/mol. The molecule has 0 aliphatic carbocycles. The van der Waals surface area contributed by atoms with Crippen molar-refractivity contribution in [1.82, 2.24) is 9.80 Å². The molecule has 2 unspecified atom stereocenters. The van der Waals surface area contributed by atoms with Crippen molar-refractivity contribution in [2.45, 2.75) is 276 Å². The summed E-state index contributed by atoms with van der Waals surface area (Å²) in [5, 5.41) is 0. The lowest BCUT2D eigenvalue weighted by Gasteiger charge is -2.27. The minimum absolute atomic E-state index is 0.209. The summed E-state index contributed by atoms with van der Waals surface area (Å²) in [5.41, 5.74) is 0. The molecule has 2 atom stereocenters. The molecule has 69 heavy (non-hydrogen) atoms. The van der Waals surface area contributed by atoms with Crippen molar-refractivity contribution < 1.29 is 38.1 Å². The van der Waals surface area contributed by atoms with E-state index in [1.807, 2.05) is 0 Å². The quantitative estimate of drug-likeness (QED) is 0.0253. The van der Waals surface area contributed by atoms with Crippen LogP contribution in [0.2, 0.25) is 0 Å². The Labute approximate surface area is 423 Å². The molecule has 2 saturated heterocycles. The van der Waals surface area contributed by atoms with Crippen LogP contribution < -0.4 is 0 Å². The minimum atomic E-state index is -1.08. The number of nitrogens with zero attached hydrogens (tertiary/aromatic N) is 2. The maximum Gasteiger partial charge on any atom is 0.306 e. The van der Waals surface area contributed by atoms with Crippen LogP contribution in [0.15, 0.2) is 24.3 Å². The summed E-state index contributed by atoms with van der Waals surface area (Å²) >= 11 is 0. The van der Waals surface area contributed by atoms with Gasteiger partial charge in [0.15, 0.2) is 12.2 Å². The van der Waals surface area contributed by atoms with E-state index in [0.29, 0.717) is 19.3 Å². The van der Waals surface area contributed by atoms with E-state index in [9.17, 15) is 19.2 Å². The van der Waals surface area contributed by atoms with Gasteiger partial charge in [-0.25, -0.2) is 0 Å². The molecule has 0 amide bonds. The highest BCUT2D eigenvalue weighted by Gasteiger charge is 2.32. The van der Waals surface area contributed by atoms with Crippen molar-refractivity contribution >= 4 is 23.9 Å². The van der Waals surface area contributed by atoms with Gasteiger partial charge in [-0.1, -0.05) is 167 Å². The van der Waals surface area contributed by atoms with Crippen LogP contribution >= 0.6 is 0 Å². The first-order valence-electron chi connectivity index (χ1n) is 29.4. The molecule has 10 heteroatoms. The standard InChI is InChI=1S/C59H106N2O8/c1-3-5-7-9-11-13-15-17-19-21-23-25-27-29-33-43-57(63)67-53-55(69-59(65)45-35-41-51-61-48-38-31-39-49-61)54(68-58(64)44-34-40-50-60-46-36-30-37-47-60)52-66-56(62)42-32-28-26-24-22-20-18-16-14-12-10-8-6-4-2/h11,13,17,19,54-55H,3-10,12,14-16,18,20-53H2,1-2H3/b13-11-,19-17-. The van der Waals surface area contributed by atoms with E-state index in [1.54, 1.807) is 0 Å². The van der Waals surface area contributed by atoms with E-state index in [4.69, 9.17) is 18.9 Å². The van der Waals surface area contributed by atoms with Crippen LogP contribution in [0, 0.1) is 0 Å². The van der Waals surface area contributed by atoms with Crippen molar-refractivity contribution in [3.8, 4) is 0 Å². The molecule has 0 aromatic carbocycles. The maximum atomic E-state index is 13.4. The van der Waals surface area contributed by atoms with Gasteiger partial charge in [-0.05, 0) is 136 Å². The van der Waals surface area contributed by atoms with Crippen LogP contribution in [0.25, 0.3) is 0 Å². The fourth-order valence-electron chi connectivity index (χ4n) is 9.50. The van der Waals surface area contributed by atoms with Gasteiger partial charge in [-0.3, -0.25) is 19.2 Å². The van der Waals surface area contributed by atoms with Crippen LogP contribution in [-0.4, -0.2) is 98.4 Å². The van der Waals surface area contributed by atoms with Crippen LogP contribution in [0.1, 0.15) is 264 Å². The number of rotatable bonds is 46. The Balaban J connectivity index is 1.89. The summed E-state index contributed by atoms with van der Waals surface area (Å²) in [4.78, 5) is 57.9. The number of ether oxygens (including phenoxy) is 4. The predicted molar refractivity (Wildman–Crippen MR) is 284 cm³/mol. The Morgan fingerprint density at radius 2 is 0.696 bits per heavy atom. The molecule has 0 N–H and O–H groups in total. The van der Waals surface area contributed by atoms with Gasteiger partial charge in [-0.2, -0.15) is 0 Å². The largest absolute Gasteiger partial charge is 0.462 e. The number of esters is 4. The number of allylic oxidation sites excluding steroid dienone is 4. The first kappa shape index (κ1) is 62.4. The predicted octanol–water partition coefficient (Wildman–Crippen LogP) is 14.9. The Morgan fingerprint density at radius 1 is 0.377 bits per heavy atom. The number of carbonyl (C=O) groups excluding carboxylic acids is 4. The van der Waals surface area contributed by atoms with E-state index in [2.05, 4.69) is 48.0 Å². The van der Waals surface area contributed by atoms with Gasteiger partial charge in [0, 0.05) is 25.7 Å². The third kappa shape index (κ3) is 38.6. The summed E-state index contributed by atoms with van der Waals surface area (Å²) in [6.45, 7) is 10.3. The molecule has 0 saturated carbocycles. The van der Waals surface area contributed by atoms with Gasteiger partial charge in [0.2, 0.25) is 0 Å². The normalized spacial score (nSPS) is 15.7. The Kier molecular flexibility index (Phi) is 41.9. The van der Waals surface area contributed by atoms with E-state index in [0.717, 1.165) is 110 Å². The highest BCUT2D eigenvalue weighted by molar-refractivity contribution is 5.72. The van der Waals surface area contributed by atoms with Crippen LogP contribution in [0.4, 0.5) is 0 Å². The molecule has 0 spiro atoms. The van der Waals surface area contributed by atoms with E-state index in [1.165, 1.54) is 135 Å². The molecule has 2 heterocycles. The SMILES string of the molecule is CCCCC/C=C\C/C=C\CCCCCCCC(=O)OCC(OC(=O)CCCCN1CCCCC1)C(COC(=O)CCCCCCCCCCCCCCCC)OC(=O)CCCCN1CCCCC1. The topological polar surface area (TPSA) is 112 Å². The third-order valence-electron chi connectivity index (χ3n) is 14.0.